The number of carbonyl (C=O) groups excluding carboxylic acids is 1. The summed E-state index contributed by atoms with van der Waals surface area (Å²) in [5.74, 6) is 1.69. The van der Waals surface area contributed by atoms with Crippen molar-refractivity contribution in [2.24, 2.45) is 11.8 Å². The van der Waals surface area contributed by atoms with Crippen LogP contribution in [0.5, 0.6) is 0 Å². The van der Waals surface area contributed by atoms with Gasteiger partial charge in [0, 0.05) is 24.4 Å². The lowest BCUT2D eigenvalue weighted by atomic mass is 10.0. The van der Waals surface area contributed by atoms with Crippen LogP contribution in [0, 0.1) is 11.8 Å². The van der Waals surface area contributed by atoms with Crippen LogP contribution >= 0.6 is 11.6 Å². The van der Waals surface area contributed by atoms with Gasteiger partial charge in [0.2, 0.25) is 5.91 Å². The summed E-state index contributed by atoms with van der Waals surface area (Å²) in [4.78, 5) is 14.4. The van der Waals surface area contributed by atoms with Gasteiger partial charge in [-0.25, -0.2) is 0 Å². The van der Waals surface area contributed by atoms with Gasteiger partial charge in [0.25, 0.3) is 0 Å². The number of hydrogen-bond acceptors (Lipinski definition) is 1. The standard InChI is InChI=1S/C13H24ClNO/c1-4-12(5-2)15(9-8-14)13(16)10(3)11-6-7-11/h10-12H,4-9H2,1-3H3. The molecule has 0 heterocycles. The summed E-state index contributed by atoms with van der Waals surface area (Å²) in [6, 6.07) is 0.368. The SMILES string of the molecule is CCC(CC)N(CCCl)C(=O)C(C)C1CC1. The van der Waals surface area contributed by atoms with Crippen molar-refractivity contribution in [1.82, 2.24) is 4.90 Å². The molecule has 0 aromatic heterocycles. The molecule has 1 unspecified atom stereocenters. The van der Waals surface area contributed by atoms with Crippen molar-refractivity contribution in [3.63, 3.8) is 0 Å². The van der Waals surface area contributed by atoms with Crippen LogP contribution in [0.25, 0.3) is 0 Å². The molecule has 94 valence electrons. The fraction of sp³-hybridized carbons (Fsp3) is 0.923. The van der Waals surface area contributed by atoms with Crippen LogP contribution < -0.4 is 0 Å². The second-order valence-electron chi connectivity index (χ2n) is 4.82. The molecule has 3 heteroatoms. The van der Waals surface area contributed by atoms with Crippen LogP contribution in [0.4, 0.5) is 0 Å². The van der Waals surface area contributed by atoms with E-state index in [2.05, 4.69) is 20.8 Å². The van der Waals surface area contributed by atoms with Gasteiger partial charge in [-0.1, -0.05) is 20.8 Å². The Morgan fingerprint density at radius 3 is 2.31 bits per heavy atom. The Labute approximate surface area is 104 Å². The Morgan fingerprint density at radius 2 is 1.94 bits per heavy atom. The molecule has 0 aliphatic heterocycles. The van der Waals surface area contributed by atoms with Gasteiger partial charge < -0.3 is 4.90 Å². The zero-order valence-electron chi connectivity index (χ0n) is 10.7. The Morgan fingerprint density at radius 1 is 1.38 bits per heavy atom. The molecule has 0 bridgehead atoms. The fourth-order valence-corrected chi connectivity index (χ4v) is 2.53. The normalized spacial score (nSPS) is 17.6. The highest BCUT2D eigenvalue weighted by Crippen LogP contribution is 2.37. The highest BCUT2D eigenvalue weighted by Gasteiger charge is 2.36. The highest BCUT2D eigenvalue weighted by molar-refractivity contribution is 6.18. The Bertz CT molecular complexity index is 224. The van der Waals surface area contributed by atoms with Gasteiger partial charge in [-0.05, 0) is 31.6 Å². The molecule has 0 aromatic carbocycles. The number of carbonyl (C=O) groups is 1. The molecule has 0 saturated heterocycles. The largest absolute Gasteiger partial charge is 0.338 e. The number of alkyl halides is 1. The van der Waals surface area contributed by atoms with Crippen LogP contribution in [0.1, 0.15) is 46.5 Å². The van der Waals surface area contributed by atoms with E-state index >= 15 is 0 Å². The number of rotatable bonds is 7. The maximum atomic E-state index is 12.3. The third-order valence-electron chi connectivity index (χ3n) is 3.71. The lowest BCUT2D eigenvalue weighted by Gasteiger charge is -2.32. The minimum Gasteiger partial charge on any atom is -0.338 e. The van der Waals surface area contributed by atoms with Crippen molar-refractivity contribution in [1.29, 1.82) is 0 Å². The molecule has 1 saturated carbocycles. The number of halogens is 1. The number of hydrogen-bond donors (Lipinski definition) is 0. The van der Waals surface area contributed by atoms with E-state index < -0.39 is 0 Å². The molecule has 0 aromatic rings. The third kappa shape index (κ3) is 3.38. The van der Waals surface area contributed by atoms with Crippen LogP contribution in [-0.4, -0.2) is 29.3 Å². The van der Waals surface area contributed by atoms with E-state index in [1.165, 1.54) is 12.8 Å². The van der Waals surface area contributed by atoms with Gasteiger partial charge in [0.15, 0.2) is 0 Å². The fourth-order valence-electron chi connectivity index (χ4n) is 2.35. The van der Waals surface area contributed by atoms with Gasteiger partial charge in [-0.3, -0.25) is 4.79 Å². The van der Waals surface area contributed by atoms with Gasteiger partial charge in [-0.15, -0.1) is 11.6 Å². The molecular weight excluding hydrogens is 222 g/mol. The summed E-state index contributed by atoms with van der Waals surface area (Å²) >= 11 is 5.80. The highest BCUT2D eigenvalue weighted by atomic mass is 35.5. The monoisotopic (exact) mass is 245 g/mol. The zero-order chi connectivity index (χ0) is 12.1. The van der Waals surface area contributed by atoms with Crippen LogP contribution in [-0.2, 0) is 4.79 Å². The Balaban J connectivity index is 2.62. The first-order chi connectivity index (χ1) is 7.65. The van der Waals surface area contributed by atoms with Crippen molar-refractivity contribution in [3.05, 3.63) is 0 Å². The Hall–Kier alpha value is -0.240. The summed E-state index contributed by atoms with van der Waals surface area (Å²) < 4.78 is 0. The second kappa shape index (κ2) is 6.48. The van der Waals surface area contributed by atoms with Gasteiger partial charge in [-0.2, -0.15) is 0 Å². The van der Waals surface area contributed by atoms with E-state index in [9.17, 15) is 4.79 Å². The van der Waals surface area contributed by atoms with Gasteiger partial charge >= 0.3 is 0 Å². The smallest absolute Gasteiger partial charge is 0.225 e. The molecule has 16 heavy (non-hydrogen) atoms. The molecule has 1 aliphatic carbocycles. The zero-order valence-corrected chi connectivity index (χ0v) is 11.5. The number of nitrogens with zero attached hydrogens (tertiary/aromatic N) is 1. The topological polar surface area (TPSA) is 20.3 Å². The molecule has 0 radical (unpaired) electrons. The minimum absolute atomic E-state index is 0.198. The van der Waals surface area contributed by atoms with Crippen molar-refractivity contribution < 1.29 is 4.79 Å². The van der Waals surface area contributed by atoms with Crippen molar-refractivity contribution in [2.45, 2.75) is 52.5 Å². The summed E-state index contributed by atoms with van der Waals surface area (Å²) in [7, 11) is 0. The molecule has 1 fully saturated rings. The first-order valence-corrected chi connectivity index (χ1v) is 7.05. The molecular formula is C13H24ClNO. The minimum atomic E-state index is 0.198. The second-order valence-corrected chi connectivity index (χ2v) is 5.20. The molecule has 1 amide bonds. The van der Waals surface area contributed by atoms with Crippen molar-refractivity contribution in [2.75, 3.05) is 12.4 Å². The van der Waals surface area contributed by atoms with E-state index in [1.807, 2.05) is 4.90 Å². The molecule has 0 N–H and O–H groups in total. The predicted octanol–water partition coefficient (Wildman–Crippen LogP) is 3.29. The van der Waals surface area contributed by atoms with Crippen LogP contribution in [0.3, 0.4) is 0 Å². The molecule has 2 nitrogen and oxygen atoms in total. The van der Waals surface area contributed by atoms with Crippen LogP contribution in [0.15, 0.2) is 0 Å². The van der Waals surface area contributed by atoms with E-state index in [4.69, 9.17) is 11.6 Å². The predicted molar refractivity (Wildman–Crippen MR) is 68.7 cm³/mol. The first kappa shape index (κ1) is 13.8. The summed E-state index contributed by atoms with van der Waals surface area (Å²) in [5.41, 5.74) is 0. The van der Waals surface area contributed by atoms with E-state index in [-0.39, 0.29) is 5.92 Å². The maximum absolute atomic E-state index is 12.3. The van der Waals surface area contributed by atoms with E-state index in [0.717, 1.165) is 12.8 Å². The molecule has 1 aliphatic rings. The average Bonchev–Trinajstić information content (AvgIpc) is 3.11. The average molecular weight is 246 g/mol. The lowest BCUT2D eigenvalue weighted by Crippen LogP contribution is -2.44. The third-order valence-corrected chi connectivity index (χ3v) is 3.88. The van der Waals surface area contributed by atoms with Crippen LogP contribution in [0.2, 0.25) is 0 Å². The summed E-state index contributed by atoms with van der Waals surface area (Å²) in [5, 5.41) is 0. The summed E-state index contributed by atoms with van der Waals surface area (Å²) in [6.45, 7) is 7.06. The summed E-state index contributed by atoms with van der Waals surface area (Å²) in [6.07, 6.45) is 4.50. The molecule has 1 atom stereocenters. The maximum Gasteiger partial charge on any atom is 0.225 e. The quantitative estimate of drug-likeness (QED) is 0.631. The van der Waals surface area contributed by atoms with Gasteiger partial charge in [0.05, 0.1) is 0 Å². The van der Waals surface area contributed by atoms with E-state index in [1.54, 1.807) is 0 Å². The Kier molecular flexibility index (Phi) is 5.60. The van der Waals surface area contributed by atoms with E-state index in [0.29, 0.717) is 30.3 Å². The first-order valence-electron chi connectivity index (χ1n) is 6.52. The van der Waals surface area contributed by atoms with Crippen molar-refractivity contribution in [3.8, 4) is 0 Å². The molecule has 1 rings (SSSR count). The molecule has 0 spiro atoms. The number of amides is 1. The van der Waals surface area contributed by atoms with Crippen molar-refractivity contribution >= 4 is 17.5 Å². The lowest BCUT2D eigenvalue weighted by molar-refractivity contribution is -0.138. The van der Waals surface area contributed by atoms with Gasteiger partial charge in [0.1, 0.15) is 0 Å².